The summed E-state index contributed by atoms with van der Waals surface area (Å²) in [7, 11) is 0. The number of carboxylic acids is 3. The van der Waals surface area contributed by atoms with Crippen molar-refractivity contribution in [3.8, 4) is 0 Å². The van der Waals surface area contributed by atoms with Gasteiger partial charge in [-0.15, -0.1) is 0 Å². The van der Waals surface area contributed by atoms with Gasteiger partial charge < -0.3 is 41.9 Å². The number of rotatable bonds is 15. The van der Waals surface area contributed by atoms with Gasteiger partial charge in [0.2, 0.25) is 11.9 Å². The van der Waals surface area contributed by atoms with Crippen molar-refractivity contribution in [1.29, 1.82) is 0 Å². The highest BCUT2D eigenvalue weighted by Gasteiger charge is 2.31. The number of anilines is 8. The maximum Gasteiger partial charge on any atom is 0.416 e. The quantitative estimate of drug-likeness (QED) is 0.0443. The van der Waals surface area contributed by atoms with Gasteiger partial charge in [-0.2, -0.15) is 13.2 Å². The van der Waals surface area contributed by atoms with E-state index in [-0.39, 0.29) is 28.2 Å². The van der Waals surface area contributed by atoms with Crippen LogP contribution in [0.15, 0.2) is 146 Å². The van der Waals surface area contributed by atoms with Crippen molar-refractivity contribution in [2.75, 3.05) is 33.1 Å². The van der Waals surface area contributed by atoms with Gasteiger partial charge in [0, 0.05) is 97.0 Å². The number of halogens is 5. The minimum Gasteiger partial charge on any atom is -0.478 e. The summed E-state index contributed by atoms with van der Waals surface area (Å²) in [5.41, 5.74) is 4.46. The van der Waals surface area contributed by atoms with Crippen molar-refractivity contribution in [2.24, 2.45) is 5.92 Å². The summed E-state index contributed by atoms with van der Waals surface area (Å²) in [6.45, 7) is 6.88. The topological polar surface area (TPSA) is 288 Å². The van der Waals surface area contributed by atoms with Gasteiger partial charge in [-0.3, -0.25) is 0 Å². The summed E-state index contributed by atoms with van der Waals surface area (Å²) in [5, 5.41) is 49.3. The van der Waals surface area contributed by atoms with Crippen molar-refractivity contribution in [3.05, 3.63) is 184 Å². The molecule has 1 saturated carbocycles. The molecule has 0 aliphatic heterocycles. The Labute approximate surface area is 513 Å². The Hall–Kier alpha value is -10.7. The maximum atomic E-state index is 13.1. The monoisotopic (exact) mass is 1240 g/mol. The first-order valence-electron chi connectivity index (χ1n) is 27.7. The molecule has 0 unspecified atom stereocenters. The Kier molecular flexibility index (Phi) is 17.1. The lowest BCUT2D eigenvalue weighted by molar-refractivity contribution is -0.137. The zero-order valence-corrected chi connectivity index (χ0v) is 48.8. The van der Waals surface area contributed by atoms with Crippen LogP contribution in [0.3, 0.4) is 0 Å². The molecule has 6 aromatic carbocycles. The molecule has 448 valence electrons. The van der Waals surface area contributed by atoms with Crippen LogP contribution >= 0.6 is 23.2 Å². The van der Waals surface area contributed by atoms with E-state index in [2.05, 4.69) is 80.3 Å². The van der Waals surface area contributed by atoms with Crippen LogP contribution in [-0.2, 0) is 12.6 Å². The van der Waals surface area contributed by atoms with E-state index in [1.54, 1.807) is 85.3 Å². The number of aromatic nitrogens is 9. The first kappa shape index (κ1) is 60.1. The summed E-state index contributed by atoms with van der Waals surface area (Å²) in [6.07, 6.45) is 3.41. The summed E-state index contributed by atoms with van der Waals surface area (Å²) in [4.78, 5) is 75.0. The molecule has 0 atom stereocenters. The zero-order valence-electron chi connectivity index (χ0n) is 47.3. The Balaban J connectivity index is 0.000000138. The average Bonchev–Trinajstić information content (AvgIpc) is 1.64. The number of fused-ring (bicyclic) bond motifs is 9. The third-order valence-corrected chi connectivity index (χ3v) is 14.3. The Morgan fingerprint density at radius 2 is 0.944 bits per heavy atom. The van der Waals surface area contributed by atoms with Crippen LogP contribution < -0.4 is 26.6 Å². The lowest BCUT2D eigenvalue weighted by Gasteiger charge is -2.14. The number of pyridine rings is 3. The van der Waals surface area contributed by atoms with Crippen molar-refractivity contribution in [2.45, 2.75) is 52.3 Å². The molecule has 1 aliphatic rings. The van der Waals surface area contributed by atoms with Crippen LogP contribution in [0.25, 0.3) is 65.4 Å². The lowest BCUT2D eigenvalue weighted by Crippen LogP contribution is -2.07. The van der Waals surface area contributed by atoms with Crippen LogP contribution in [0.2, 0.25) is 10.0 Å². The second-order valence-corrected chi connectivity index (χ2v) is 21.8. The summed E-state index contributed by atoms with van der Waals surface area (Å²) in [5.74, 6) is 0.167. The predicted octanol–water partition coefficient (Wildman–Crippen LogP) is 15.4. The van der Waals surface area contributed by atoms with Gasteiger partial charge in [0.05, 0.1) is 38.8 Å². The molecule has 0 bridgehead atoms. The molecule has 1 aliphatic carbocycles. The zero-order chi connectivity index (χ0) is 62.7. The molecule has 0 radical (unpaired) electrons. The molecule has 89 heavy (non-hydrogen) atoms. The van der Waals surface area contributed by atoms with E-state index in [0.717, 1.165) is 70.1 Å². The lowest BCUT2D eigenvalue weighted by atomic mass is 10.1. The molecule has 8 N–H and O–H groups in total. The Morgan fingerprint density at radius 3 is 1.36 bits per heavy atom. The van der Waals surface area contributed by atoms with Gasteiger partial charge in [0.25, 0.3) is 0 Å². The molecule has 13 rings (SSSR count). The first-order valence-corrected chi connectivity index (χ1v) is 28.5. The normalized spacial score (nSPS) is 12.1. The van der Waals surface area contributed by atoms with Crippen LogP contribution in [-0.4, -0.2) is 90.7 Å². The molecule has 0 saturated heterocycles. The number of carboxylic acid groups (broad SMARTS) is 3. The van der Waals surface area contributed by atoms with E-state index >= 15 is 0 Å². The molecule has 12 aromatic rings. The van der Waals surface area contributed by atoms with Crippen LogP contribution in [0.1, 0.15) is 76.1 Å². The molecule has 0 spiro atoms. The Morgan fingerprint density at radius 1 is 0.528 bits per heavy atom. The van der Waals surface area contributed by atoms with E-state index in [4.69, 9.17) is 28.2 Å². The van der Waals surface area contributed by atoms with Crippen molar-refractivity contribution >= 4 is 153 Å². The van der Waals surface area contributed by atoms with Gasteiger partial charge >= 0.3 is 24.1 Å². The molecular weight excluding hydrogens is 1190 g/mol. The molecule has 25 heteroatoms. The average molecular weight is 1240 g/mol. The number of nitrogens with one attached hydrogen (secondary N) is 5. The standard InChI is InChI=1S/C22H19ClN4O2.C22H16F3N5O2.C20H16ClN5O2/c1-12(2)8-19-24-11-17-16-7-6-13(22(28)29)9-18(16)26-21(20(17)27-19)25-15-5-3-4-14(23)10-15;23-22(24,25)12-2-1-3-14(9-12)27-19-18-16(10-26-21(30-18)28-13-5-6-13)15-7-4-11(20(31)32)8-17(15)29-19;1-2-22-20-23-10-15-14-7-6-11(19(27)28)8-16(14)25-18(17(15)26-20)24-13-5-3-4-12(21)9-13/h3-7,9-12H,8H2,1-2H3,(H,25,26)(H,28,29);1-4,7-10,13H,5-6H2,(H,27,29)(H,31,32)(H,26,28,30);3-10H,2H2,1H3,(H,24,25)(H,27,28)(H,22,23,26). The number of hydrogen-bond acceptors (Lipinski definition) is 17. The highest BCUT2D eigenvalue weighted by molar-refractivity contribution is 6.31. The fourth-order valence-electron chi connectivity index (χ4n) is 9.55. The van der Waals surface area contributed by atoms with Crippen LogP contribution in [0.4, 0.5) is 59.6 Å². The SMILES string of the molecule is CC(C)Cc1ncc2c(n1)c(Nc1cccc(Cl)c1)nc1cc(C(=O)O)ccc12.CCNc1ncc2c(n1)c(Nc1cccc(Cl)c1)nc1cc(C(=O)O)ccc12.O=C(O)c1ccc2c(c1)nc(Nc1cccc(C(F)(F)F)c1)c1nc(NC3CC3)ncc12. The van der Waals surface area contributed by atoms with E-state index in [1.807, 2.05) is 31.2 Å². The number of aromatic carboxylic acids is 3. The molecule has 0 amide bonds. The third-order valence-electron chi connectivity index (χ3n) is 13.9. The highest BCUT2D eigenvalue weighted by Crippen LogP contribution is 2.37. The van der Waals surface area contributed by atoms with Crippen LogP contribution in [0.5, 0.6) is 0 Å². The summed E-state index contributed by atoms with van der Waals surface area (Å²) < 4.78 is 39.4. The second kappa shape index (κ2) is 25.4. The molecular formula is C64H51Cl2F3N14O6. The molecule has 20 nitrogen and oxygen atoms in total. The van der Waals surface area contributed by atoms with E-state index < -0.39 is 29.6 Å². The van der Waals surface area contributed by atoms with Crippen molar-refractivity contribution in [1.82, 2.24) is 44.9 Å². The number of nitrogens with zero attached hydrogens (tertiary/aromatic N) is 9. The minimum absolute atomic E-state index is 0.0438. The highest BCUT2D eigenvalue weighted by atomic mass is 35.5. The fourth-order valence-corrected chi connectivity index (χ4v) is 9.93. The number of benzene rings is 6. The molecule has 6 heterocycles. The van der Waals surface area contributed by atoms with Crippen molar-refractivity contribution < 1.29 is 42.9 Å². The van der Waals surface area contributed by atoms with E-state index in [1.165, 1.54) is 24.3 Å². The van der Waals surface area contributed by atoms with Gasteiger partial charge in [-0.25, -0.2) is 59.2 Å². The first-order chi connectivity index (χ1) is 42.7. The summed E-state index contributed by atoms with van der Waals surface area (Å²) >= 11 is 12.2. The smallest absolute Gasteiger partial charge is 0.416 e. The third kappa shape index (κ3) is 14.0. The van der Waals surface area contributed by atoms with E-state index in [0.29, 0.717) is 96.0 Å². The van der Waals surface area contributed by atoms with Crippen molar-refractivity contribution in [3.63, 3.8) is 0 Å². The molecule has 1 fully saturated rings. The van der Waals surface area contributed by atoms with E-state index in [9.17, 15) is 42.9 Å². The Bertz CT molecular complexity index is 4770. The van der Waals surface area contributed by atoms with Gasteiger partial charge in [-0.05, 0) is 117 Å². The second-order valence-electron chi connectivity index (χ2n) is 21.0. The van der Waals surface area contributed by atoms with Gasteiger partial charge in [-0.1, -0.05) is 73.4 Å². The summed E-state index contributed by atoms with van der Waals surface area (Å²) in [6, 6.07) is 33.8. The predicted molar refractivity (Wildman–Crippen MR) is 339 cm³/mol. The van der Waals surface area contributed by atoms with Gasteiger partial charge in [0.1, 0.15) is 22.4 Å². The number of carbonyl (C=O) groups is 3. The van der Waals surface area contributed by atoms with Gasteiger partial charge in [0.15, 0.2) is 17.5 Å². The number of hydrogen-bond donors (Lipinski definition) is 8. The maximum absolute atomic E-state index is 13.1. The fraction of sp³-hybridized carbons (Fsp3) is 0.156. The largest absolute Gasteiger partial charge is 0.478 e. The minimum atomic E-state index is -4.49. The molecule has 6 aromatic heterocycles. The van der Waals surface area contributed by atoms with Crippen LogP contribution in [0, 0.1) is 5.92 Å². The number of alkyl halides is 3.